The second-order valence-electron chi connectivity index (χ2n) is 2.78. The highest BCUT2D eigenvalue weighted by Gasteiger charge is 2.11. The number of hydrogen-bond donors (Lipinski definition) is 0. The Morgan fingerprint density at radius 2 is 1.87 bits per heavy atom. The van der Waals surface area contributed by atoms with Crippen molar-refractivity contribution in [2.75, 3.05) is 0 Å². The van der Waals surface area contributed by atoms with E-state index in [2.05, 4.69) is 10.3 Å². The van der Waals surface area contributed by atoms with Crippen LogP contribution < -0.4 is 0 Å². The highest BCUT2D eigenvalue weighted by Crippen LogP contribution is 2.14. The van der Waals surface area contributed by atoms with Crippen molar-refractivity contribution in [3.63, 3.8) is 0 Å². The highest BCUT2D eigenvalue weighted by molar-refractivity contribution is 7.86. The number of benzene rings is 1. The smallest absolute Gasteiger partial charge is 0.221 e. The van der Waals surface area contributed by atoms with E-state index in [0.29, 0.717) is 5.69 Å². The summed E-state index contributed by atoms with van der Waals surface area (Å²) in [6, 6.07) is 5.24. The molecular weight excluding hydrogens is 221 g/mol. The van der Waals surface area contributed by atoms with Crippen LogP contribution in [0.2, 0.25) is 0 Å². The van der Waals surface area contributed by atoms with Gasteiger partial charge in [0.2, 0.25) is 0 Å². The molecule has 0 aliphatic heterocycles. The van der Waals surface area contributed by atoms with Crippen molar-refractivity contribution >= 4 is 10.2 Å². The summed E-state index contributed by atoms with van der Waals surface area (Å²) in [5.74, 6) is 0. The van der Waals surface area contributed by atoms with E-state index in [4.69, 9.17) is 0 Å². The van der Waals surface area contributed by atoms with Crippen molar-refractivity contribution in [1.29, 1.82) is 0 Å². The lowest BCUT2D eigenvalue weighted by Gasteiger charge is -1.99. The Labute approximate surface area is 85.4 Å². The molecule has 0 saturated carbocycles. The Bertz CT molecular complexity index is 548. The molecule has 0 unspecified atom stereocenters. The molecule has 0 spiro atoms. The van der Waals surface area contributed by atoms with Gasteiger partial charge in [0.05, 0.1) is 23.0 Å². The van der Waals surface area contributed by atoms with E-state index in [9.17, 15) is 12.3 Å². The third-order valence-corrected chi connectivity index (χ3v) is 2.64. The summed E-state index contributed by atoms with van der Waals surface area (Å²) in [4.78, 5) is -0.369. The summed E-state index contributed by atoms with van der Waals surface area (Å²) in [6.07, 6.45) is 3.08. The normalized spacial score (nSPS) is 11.5. The van der Waals surface area contributed by atoms with E-state index in [-0.39, 0.29) is 4.90 Å². The Balaban J connectivity index is 2.42. The molecule has 0 aliphatic carbocycles. The number of hydrogen-bond acceptors (Lipinski definition) is 4. The number of aromatic nitrogens is 3. The zero-order chi connectivity index (χ0) is 10.9. The average molecular weight is 227 g/mol. The van der Waals surface area contributed by atoms with Crippen molar-refractivity contribution in [3.8, 4) is 5.69 Å². The molecule has 0 atom stereocenters. The molecule has 0 aliphatic rings. The third kappa shape index (κ3) is 2.01. The van der Waals surface area contributed by atoms with Crippen LogP contribution in [-0.4, -0.2) is 23.4 Å². The van der Waals surface area contributed by atoms with Crippen LogP contribution in [0.1, 0.15) is 0 Å². The standard InChI is InChI=1S/C8H6FN3O2S/c9-15(13,14)8-3-1-7(2-4-8)12-6-5-10-11-12/h1-6H. The third-order valence-electron chi connectivity index (χ3n) is 1.81. The molecule has 78 valence electrons. The largest absolute Gasteiger partial charge is 0.332 e. The molecule has 5 nitrogen and oxygen atoms in total. The van der Waals surface area contributed by atoms with Gasteiger partial charge in [0.25, 0.3) is 0 Å². The summed E-state index contributed by atoms with van der Waals surface area (Å²) in [5.41, 5.74) is 0.611. The molecule has 0 N–H and O–H groups in total. The lowest BCUT2D eigenvalue weighted by Crippen LogP contribution is -1.96. The average Bonchev–Trinajstić information content (AvgIpc) is 2.69. The molecule has 2 rings (SSSR count). The van der Waals surface area contributed by atoms with Gasteiger partial charge in [-0.05, 0) is 24.3 Å². The Hall–Kier alpha value is -1.76. The number of halogens is 1. The zero-order valence-electron chi connectivity index (χ0n) is 7.41. The number of nitrogens with zero attached hydrogens (tertiary/aromatic N) is 3. The van der Waals surface area contributed by atoms with Gasteiger partial charge in [-0.1, -0.05) is 5.21 Å². The van der Waals surface area contributed by atoms with Gasteiger partial charge in [-0.25, -0.2) is 4.68 Å². The van der Waals surface area contributed by atoms with Crippen molar-refractivity contribution in [2.24, 2.45) is 0 Å². The molecule has 15 heavy (non-hydrogen) atoms. The maximum Gasteiger partial charge on any atom is 0.332 e. The van der Waals surface area contributed by atoms with Crippen LogP contribution in [0.15, 0.2) is 41.6 Å². The zero-order valence-corrected chi connectivity index (χ0v) is 8.22. The van der Waals surface area contributed by atoms with Gasteiger partial charge in [-0.2, -0.15) is 8.42 Å². The summed E-state index contributed by atoms with van der Waals surface area (Å²) in [7, 11) is -4.63. The molecule has 2 aromatic rings. The van der Waals surface area contributed by atoms with Crippen LogP contribution in [0.25, 0.3) is 5.69 Å². The Kier molecular flexibility index (Phi) is 2.24. The first-order chi connectivity index (χ1) is 7.07. The summed E-state index contributed by atoms with van der Waals surface area (Å²) in [6.45, 7) is 0. The predicted molar refractivity (Wildman–Crippen MR) is 49.7 cm³/mol. The molecule has 7 heteroatoms. The van der Waals surface area contributed by atoms with Crippen LogP contribution in [0.3, 0.4) is 0 Å². The first-order valence-corrected chi connectivity index (χ1v) is 5.37. The molecule has 1 aromatic heterocycles. The first kappa shape index (κ1) is 9.78. The van der Waals surface area contributed by atoms with E-state index >= 15 is 0 Å². The molecule has 0 radical (unpaired) electrons. The van der Waals surface area contributed by atoms with Gasteiger partial charge in [0.15, 0.2) is 0 Å². The quantitative estimate of drug-likeness (QED) is 0.716. The minimum Gasteiger partial charge on any atom is -0.221 e. The van der Waals surface area contributed by atoms with Crippen LogP contribution in [-0.2, 0) is 10.2 Å². The van der Waals surface area contributed by atoms with Crippen LogP contribution in [0.4, 0.5) is 3.89 Å². The van der Waals surface area contributed by atoms with E-state index < -0.39 is 10.2 Å². The van der Waals surface area contributed by atoms with Gasteiger partial charge in [-0.15, -0.1) is 8.98 Å². The van der Waals surface area contributed by atoms with E-state index in [1.54, 1.807) is 6.20 Å². The van der Waals surface area contributed by atoms with Crippen molar-refractivity contribution in [2.45, 2.75) is 4.90 Å². The van der Waals surface area contributed by atoms with Crippen molar-refractivity contribution in [3.05, 3.63) is 36.7 Å². The fourth-order valence-corrected chi connectivity index (χ4v) is 1.57. The van der Waals surface area contributed by atoms with Gasteiger partial charge >= 0.3 is 10.2 Å². The van der Waals surface area contributed by atoms with E-state index in [0.717, 1.165) is 0 Å². The second kappa shape index (κ2) is 3.43. The highest BCUT2D eigenvalue weighted by atomic mass is 32.3. The van der Waals surface area contributed by atoms with Crippen LogP contribution in [0.5, 0.6) is 0 Å². The minimum atomic E-state index is -4.63. The van der Waals surface area contributed by atoms with E-state index in [1.165, 1.54) is 35.1 Å². The fraction of sp³-hybridized carbons (Fsp3) is 0. The maximum atomic E-state index is 12.5. The predicted octanol–water partition coefficient (Wildman–Crippen LogP) is 0.925. The van der Waals surface area contributed by atoms with Crippen molar-refractivity contribution < 1.29 is 12.3 Å². The van der Waals surface area contributed by atoms with Crippen molar-refractivity contribution in [1.82, 2.24) is 15.0 Å². The second-order valence-corrected chi connectivity index (χ2v) is 4.13. The Morgan fingerprint density at radius 1 is 1.20 bits per heavy atom. The molecule has 0 amide bonds. The summed E-state index contributed by atoms with van der Waals surface area (Å²) in [5, 5.41) is 7.29. The van der Waals surface area contributed by atoms with Gasteiger partial charge in [-0.3, -0.25) is 0 Å². The lowest BCUT2D eigenvalue weighted by molar-refractivity contribution is 0.552. The summed E-state index contributed by atoms with van der Waals surface area (Å²) >= 11 is 0. The number of rotatable bonds is 2. The minimum absolute atomic E-state index is 0.369. The van der Waals surface area contributed by atoms with E-state index in [1.807, 2.05) is 0 Å². The topological polar surface area (TPSA) is 64.8 Å². The Morgan fingerprint density at radius 3 is 2.33 bits per heavy atom. The monoisotopic (exact) mass is 227 g/mol. The van der Waals surface area contributed by atoms with Crippen LogP contribution >= 0.6 is 0 Å². The van der Waals surface area contributed by atoms with Crippen LogP contribution in [0, 0.1) is 0 Å². The SMILES string of the molecule is O=S(=O)(F)c1ccc(-n2ccnn2)cc1. The van der Waals surface area contributed by atoms with Gasteiger partial charge in [0, 0.05) is 0 Å². The molecule has 1 heterocycles. The maximum absolute atomic E-state index is 12.5. The lowest BCUT2D eigenvalue weighted by atomic mass is 10.3. The molecular formula is C8H6FN3O2S. The molecule has 0 fully saturated rings. The fourth-order valence-electron chi connectivity index (χ4n) is 1.11. The van der Waals surface area contributed by atoms with Gasteiger partial charge in [0.1, 0.15) is 0 Å². The molecule has 0 bridgehead atoms. The first-order valence-electron chi connectivity index (χ1n) is 3.99. The summed E-state index contributed by atoms with van der Waals surface area (Å²) < 4.78 is 35.0. The molecule has 0 saturated heterocycles. The molecule has 1 aromatic carbocycles. The van der Waals surface area contributed by atoms with Gasteiger partial charge < -0.3 is 0 Å².